The lowest BCUT2D eigenvalue weighted by Crippen LogP contribution is -2.28. The lowest BCUT2D eigenvalue weighted by molar-refractivity contribution is 0.0627. The van der Waals surface area contributed by atoms with Gasteiger partial charge in [0.1, 0.15) is 5.69 Å². The second kappa shape index (κ2) is 5.70. The molecule has 2 rings (SSSR count). The van der Waals surface area contributed by atoms with Gasteiger partial charge in [0.05, 0.1) is 24.5 Å². The second-order valence-corrected chi connectivity index (χ2v) is 6.06. The lowest BCUT2D eigenvalue weighted by atomic mass is 9.87. The van der Waals surface area contributed by atoms with Gasteiger partial charge in [0.25, 0.3) is 0 Å². The lowest BCUT2D eigenvalue weighted by Gasteiger charge is -2.24. The fraction of sp³-hybridized carbons (Fsp3) is 0.692. The van der Waals surface area contributed by atoms with Crippen LogP contribution in [0.1, 0.15) is 39.1 Å². The average Bonchev–Trinajstić information content (AvgIpc) is 2.98. The van der Waals surface area contributed by atoms with Crippen molar-refractivity contribution in [2.45, 2.75) is 53.3 Å². The van der Waals surface area contributed by atoms with Gasteiger partial charge in [-0.15, -0.1) is 10.2 Å². The zero-order valence-electron chi connectivity index (χ0n) is 12.5. The van der Waals surface area contributed by atoms with E-state index in [1.54, 1.807) is 9.36 Å². The van der Waals surface area contributed by atoms with Gasteiger partial charge >= 0.3 is 0 Å². The van der Waals surface area contributed by atoms with Crippen LogP contribution in [0.4, 0.5) is 0 Å². The Hall–Kier alpha value is -1.76. The van der Waals surface area contributed by atoms with E-state index in [0.29, 0.717) is 13.0 Å². The molecule has 0 aliphatic rings. The highest BCUT2D eigenvalue weighted by atomic mass is 16.3. The third kappa shape index (κ3) is 3.63. The predicted octanol–water partition coefficient (Wildman–Crippen LogP) is 0.887. The van der Waals surface area contributed by atoms with E-state index in [2.05, 4.69) is 20.6 Å². The fourth-order valence-electron chi connectivity index (χ4n) is 1.75. The number of aliphatic hydroxyl groups excluding tert-OH is 1. The molecular formula is C13H22N6O. The van der Waals surface area contributed by atoms with Crippen molar-refractivity contribution in [3.63, 3.8) is 0 Å². The average molecular weight is 278 g/mol. The highest BCUT2D eigenvalue weighted by molar-refractivity contribution is 4.99. The minimum Gasteiger partial charge on any atom is -0.392 e. The summed E-state index contributed by atoms with van der Waals surface area (Å²) in [4.78, 5) is 0. The Morgan fingerprint density at radius 2 is 1.70 bits per heavy atom. The molecule has 7 nitrogen and oxygen atoms in total. The van der Waals surface area contributed by atoms with Crippen LogP contribution in [-0.2, 0) is 19.5 Å². The van der Waals surface area contributed by atoms with Gasteiger partial charge in [-0.2, -0.15) is 0 Å². The summed E-state index contributed by atoms with van der Waals surface area (Å²) in [6.07, 6.45) is 3.81. The molecule has 20 heavy (non-hydrogen) atoms. The Kier molecular flexibility index (Phi) is 4.17. The topological polar surface area (TPSA) is 81.7 Å². The molecule has 2 aromatic rings. The first-order valence-corrected chi connectivity index (χ1v) is 6.84. The van der Waals surface area contributed by atoms with Crippen molar-refractivity contribution >= 4 is 0 Å². The highest BCUT2D eigenvalue weighted by Gasteiger charge is 2.23. The van der Waals surface area contributed by atoms with Gasteiger partial charge in [-0.25, -0.2) is 4.68 Å². The van der Waals surface area contributed by atoms with E-state index in [1.807, 2.05) is 40.1 Å². The summed E-state index contributed by atoms with van der Waals surface area (Å²) in [6.45, 7) is 9.37. The standard InChI is InChI=1S/C13H22N6O/c1-5-18-8-11(15-16-18)9-19-7-10(14-17-19)6-12(20)13(2,3)4/h7-8,12,20H,5-6,9H2,1-4H3/t12-/m0/s1. The van der Waals surface area contributed by atoms with E-state index < -0.39 is 6.10 Å². The van der Waals surface area contributed by atoms with E-state index >= 15 is 0 Å². The summed E-state index contributed by atoms with van der Waals surface area (Å²) >= 11 is 0. The van der Waals surface area contributed by atoms with Crippen molar-refractivity contribution in [1.82, 2.24) is 30.0 Å². The summed E-state index contributed by atoms with van der Waals surface area (Å²) in [5, 5.41) is 26.3. The Morgan fingerprint density at radius 1 is 1.10 bits per heavy atom. The molecule has 2 heterocycles. The molecule has 0 radical (unpaired) electrons. The molecule has 0 unspecified atom stereocenters. The molecular weight excluding hydrogens is 256 g/mol. The molecule has 0 spiro atoms. The second-order valence-electron chi connectivity index (χ2n) is 6.06. The van der Waals surface area contributed by atoms with E-state index in [9.17, 15) is 5.11 Å². The number of hydrogen-bond donors (Lipinski definition) is 1. The molecule has 0 aromatic carbocycles. The van der Waals surface area contributed by atoms with Crippen LogP contribution in [-0.4, -0.2) is 41.2 Å². The molecule has 1 N–H and O–H groups in total. The van der Waals surface area contributed by atoms with Gasteiger partial charge in [0, 0.05) is 19.2 Å². The van der Waals surface area contributed by atoms with E-state index in [4.69, 9.17) is 0 Å². The quantitative estimate of drug-likeness (QED) is 0.878. The van der Waals surface area contributed by atoms with Crippen molar-refractivity contribution in [3.05, 3.63) is 23.8 Å². The Morgan fingerprint density at radius 3 is 2.30 bits per heavy atom. The highest BCUT2D eigenvalue weighted by Crippen LogP contribution is 2.21. The largest absolute Gasteiger partial charge is 0.392 e. The minimum atomic E-state index is -0.436. The van der Waals surface area contributed by atoms with Crippen LogP contribution in [0.25, 0.3) is 0 Å². The number of aromatic nitrogens is 6. The zero-order chi connectivity index (χ0) is 14.8. The molecule has 0 saturated heterocycles. The van der Waals surface area contributed by atoms with E-state index in [1.165, 1.54) is 0 Å². The molecule has 110 valence electrons. The van der Waals surface area contributed by atoms with Crippen LogP contribution < -0.4 is 0 Å². The van der Waals surface area contributed by atoms with Gasteiger partial charge in [-0.1, -0.05) is 31.2 Å². The van der Waals surface area contributed by atoms with Crippen molar-refractivity contribution in [1.29, 1.82) is 0 Å². The molecule has 0 aliphatic carbocycles. The molecule has 0 fully saturated rings. The van der Waals surface area contributed by atoms with Crippen molar-refractivity contribution < 1.29 is 5.11 Å². The van der Waals surface area contributed by atoms with Crippen LogP contribution in [0.5, 0.6) is 0 Å². The summed E-state index contributed by atoms with van der Waals surface area (Å²) < 4.78 is 3.49. The molecule has 0 saturated carbocycles. The van der Waals surface area contributed by atoms with Gasteiger partial charge in [0.2, 0.25) is 0 Å². The maximum Gasteiger partial charge on any atom is 0.104 e. The molecule has 0 amide bonds. The smallest absolute Gasteiger partial charge is 0.104 e. The van der Waals surface area contributed by atoms with Gasteiger partial charge < -0.3 is 5.11 Å². The molecule has 2 aromatic heterocycles. The Balaban J connectivity index is 1.98. The normalized spacial score (nSPS) is 13.7. The maximum atomic E-state index is 10.1. The molecule has 0 bridgehead atoms. The van der Waals surface area contributed by atoms with Crippen molar-refractivity contribution in [2.75, 3.05) is 0 Å². The predicted molar refractivity (Wildman–Crippen MR) is 74.0 cm³/mol. The summed E-state index contributed by atoms with van der Waals surface area (Å²) in [5.41, 5.74) is 1.48. The van der Waals surface area contributed by atoms with Crippen LogP contribution in [0.2, 0.25) is 0 Å². The maximum absolute atomic E-state index is 10.1. The van der Waals surface area contributed by atoms with Crippen LogP contribution in [0.15, 0.2) is 12.4 Å². The summed E-state index contributed by atoms with van der Waals surface area (Å²) in [5.74, 6) is 0. The fourth-order valence-corrected chi connectivity index (χ4v) is 1.75. The number of aryl methyl sites for hydroxylation is 1. The SMILES string of the molecule is CCn1cc(Cn2cc(C[C@H](O)C(C)(C)C)nn2)nn1. The third-order valence-corrected chi connectivity index (χ3v) is 3.22. The van der Waals surface area contributed by atoms with Gasteiger partial charge in [-0.05, 0) is 12.3 Å². The summed E-state index contributed by atoms with van der Waals surface area (Å²) in [7, 11) is 0. The van der Waals surface area contributed by atoms with Gasteiger partial charge in [0.15, 0.2) is 0 Å². The molecule has 7 heteroatoms. The monoisotopic (exact) mass is 278 g/mol. The van der Waals surface area contributed by atoms with Crippen molar-refractivity contribution in [3.8, 4) is 0 Å². The number of hydrogen-bond acceptors (Lipinski definition) is 5. The molecule has 1 atom stereocenters. The van der Waals surface area contributed by atoms with Crippen LogP contribution in [0.3, 0.4) is 0 Å². The first-order valence-electron chi connectivity index (χ1n) is 6.84. The third-order valence-electron chi connectivity index (χ3n) is 3.22. The first kappa shape index (κ1) is 14.6. The zero-order valence-corrected chi connectivity index (χ0v) is 12.5. The summed E-state index contributed by atoms with van der Waals surface area (Å²) in [6, 6.07) is 0. The molecule has 0 aliphatic heterocycles. The minimum absolute atomic E-state index is 0.159. The number of aliphatic hydroxyl groups is 1. The van der Waals surface area contributed by atoms with Crippen LogP contribution >= 0.6 is 0 Å². The number of rotatable bonds is 5. The van der Waals surface area contributed by atoms with E-state index in [-0.39, 0.29) is 5.41 Å². The Labute approximate surface area is 118 Å². The van der Waals surface area contributed by atoms with Crippen LogP contribution in [0, 0.1) is 5.41 Å². The van der Waals surface area contributed by atoms with Crippen molar-refractivity contribution in [2.24, 2.45) is 5.41 Å². The Bertz CT molecular complexity index is 553. The number of nitrogens with zero attached hydrogens (tertiary/aromatic N) is 6. The first-order chi connectivity index (χ1) is 9.38. The van der Waals surface area contributed by atoms with E-state index in [0.717, 1.165) is 17.9 Å². The van der Waals surface area contributed by atoms with Gasteiger partial charge in [-0.3, -0.25) is 4.68 Å².